The Hall–Kier alpha value is -4.15. The van der Waals surface area contributed by atoms with Crippen molar-refractivity contribution in [3.8, 4) is 6.07 Å². The number of carbonyl (C=O) groups excluding carboxylic acids is 2. The van der Waals surface area contributed by atoms with E-state index in [4.69, 9.17) is 5.73 Å². The number of anilines is 4. The predicted octanol–water partition coefficient (Wildman–Crippen LogP) is 4.02. The quantitative estimate of drug-likeness (QED) is 0.294. The van der Waals surface area contributed by atoms with Crippen molar-refractivity contribution >= 4 is 34.3 Å². The number of nitriles is 1. The molecule has 0 saturated carbocycles. The number of hydrogen-bond acceptors (Lipinski definition) is 7. The number of carbonyl (C=O) groups is 2. The van der Waals surface area contributed by atoms with Crippen LogP contribution in [0.25, 0.3) is 0 Å². The zero-order chi connectivity index (χ0) is 23.5. The van der Waals surface area contributed by atoms with Crippen molar-refractivity contribution in [2.45, 2.75) is 6.42 Å². The van der Waals surface area contributed by atoms with Gasteiger partial charge in [0.25, 0.3) is 0 Å². The molecule has 0 unspecified atom stereocenters. The van der Waals surface area contributed by atoms with Gasteiger partial charge in [0.1, 0.15) is 11.6 Å². The summed E-state index contributed by atoms with van der Waals surface area (Å²) < 4.78 is 0. The normalized spacial score (nSPS) is 12.2. The van der Waals surface area contributed by atoms with E-state index in [1.165, 1.54) is 0 Å². The number of rotatable bonds is 7. The number of nitrogen functional groups attached to an aromatic ring is 1. The van der Waals surface area contributed by atoms with Crippen molar-refractivity contribution in [3.63, 3.8) is 0 Å². The molecule has 7 nitrogen and oxygen atoms in total. The maximum atomic E-state index is 13.5. The molecule has 0 spiro atoms. The van der Waals surface area contributed by atoms with E-state index in [0.717, 1.165) is 13.0 Å². The summed E-state index contributed by atoms with van der Waals surface area (Å²) in [4.78, 5) is 29.1. The van der Waals surface area contributed by atoms with Gasteiger partial charge < -0.3 is 21.3 Å². The highest BCUT2D eigenvalue weighted by Gasteiger charge is 2.36. The van der Waals surface area contributed by atoms with E-state index in [1.807, 2.05) is 44.4 Å². The first kappa shape index (κ1) is 22.1. The van der Waals surface area contributed by atoms with Gasteiger partial charge >= 0.3 is 0 Å². The summed E-state index contributed by atoms with van der Waals surface area (Å²) in [6, 6.07) is 18.1. The lowest BCUT2D eigenvalue weighted by molar-refractivity contribution is 0.0980. The van der Waals surface area contributed by atoms with Crippen molar-refractivity contribution < 1.29 is 9.59 Å². The van der Waals surface area contributed by atoms with Crippen LogP contribution >= 0.6 is 0 Å². The van der Waals surface area contributed by atoms with E-state index in [0.29, 0.717) is 29.0 Å². The van der Waals surface area contributed by atoms with Crippen LogP contribution < -0.4 is 16.4 Å². The maximum Gasteiger partial charge on any atom is 0.196 e. The zero-order valence-electron chi connectivity index (χ0n) is 18.6. The third kappa shape index (κ3) is 4.04. The Morgan fingerprint density at radius 3 is 2.12 bits per heavy atom. The number of nitrogens with zero attached hydrogens (tertiary/aromatic N) is 2. The molecule has 0 heterocycles. The Balaban J connectivity index is 1.91. The van der Waals surface area contributed by atoms with Crippen molar-refractivity contribution in [3.05, 3.63) is 82.4 Å². The maximum absolute atomic E-state index is 13.5. The van der Waals surface area contributed by atoms with Gasteiger partial charge in [0.15, 0.2) is 11.6 Å². The van der Waals surface area contributed by atoms with E-state index < -0.39 is 0 Å². The van der Waals surface area contributed by atoms with Gasteiger partial charge in [-0.2, -0.15) is 5.26 Å². The summed E-state index contributed by atoms with van der Waals surface area (Å²) >= 11 is 0. The average Bonchev–Trinajstić information content (AvgIpc) is 2.82. The number of nitrogens with two attached hydrogens (primary N) is 1. The molecule has 0 atom stereocenters. The lowest BCUT2D eigenvalue weighted by Crippen LogP contribution is -2.25. The van der Waals surface area contributed by atoms with Gasteiger partial charge in [-0.15, -0.1) is 0 Å². The minimum absolute atomic E-state index is 0.123. The minimum atomic E-state index is -0.332. The van der Waals surface area contributed by atoms with Gasteiger partial charge in [-0.25, -0.2) is 0 Å². The third-order valence-electron chi connectivity index (χ3n) is 5.65. The fraction of sp³-hybridized carbons (Fsp3) is 0.192. The predicted molar refractivity (Wildman–Crippen MR) is 130 cm³/mol. The molecule has 7 heteroatoms. The topological polar surface area (TPSA) is 111 Å². The summed E-state index contributed by atoms with van der Waals surface area (Å²) in [5.74, 6) is -0.657. The standard InChI is InChI=1S/C26H25N5O2/c1-31(2)14-8-13-29-24-19(15-27)23(30-16-9-4-3-5-10-16)21-20(22(24)28)25(32)17-11-6-7-12-18(17)26(21)33/h3-7,9-12,29-30H,8,13-14,28H2,1-2H3. The van der Waals surface area contributed by atoms with E-state index in [2.05, 4.69) is 21.6 Å². The van der Waals surface area contributed by atoms with Crippen LogP contribution in [-0.4, -0.2) is 43.7 Å². The van der Waals surface area contributed by atoms with Gasteiger partial charge in [-0.3, -0.25) is 9.59 Å². The van der Waals surface area contributed by atoms with Crippen molar-refractivity contribution in [1.29, 1.82) is 5.26 Å². The zero-order valence-corrected chi connectivity index (χ0v) is 18.6. The fourth-order valence-corrected chi connectivity index (χ4v) is 4.08. The summed E-state index contributed by atoms with van der Waals surface area (Å²) in [5.41, 5.74) is 9.04. The lowest BCUT2D eigenvalue weighted by Gasteiger charge is -2.26. The van der Waals surface area contributed by atoms with Crippen LogP contribution in [0.3, 0.4) is 0 Å². The van der Waals surface area contributed by atoms with E-state index in [-0.39, 0.29) is 39.6 Å². The number of benzene rings is 3. The van der Waals surface area contributed by atoms with Crippen LogP contribution in [0.15, 0.2) is 54.6 Å². The second-order valence-electron chi connectivity index (χ2n) is 8.18. The Morgan fingerprint density at radius 1 is 0.909 bits per heavy atom. The van der Waals surface area contributed by atoms with Gasteiger partial charge in [-0.05, 0) is 39.2 Å². The van der Waals surface area contributed by atoms with Crippen molar-refractivity contribution in [2.24, 2.45) is 0 Å². The molecule has 1 aliphatic carbocycles. The minimum Gasteiger partial charge on any atom is -0.396 e. The van der Waals surface area contributed by atoms with Crippen LogP contribution in [-0.2, 0) is 0 Å². The molecule has 0 radical (unpaired) electrons. The Bertz CT molecular complexity index is 1280. The molecular weight excluding hydrogens is 414 g/mol. The third-order valence-corrected chi connectivity index (χ3v) is 5.65. The van der Waals surface area contributed by atoms with E-state index in [1.54, 1.807) is 24.3 Å². The van der Waals surface area contributed by atoms with Crippen molar-refractivity contribution in [2.75, 3.05) is 43.6 Å². The van der Waals surface area contributed by atoms with E-state index in [9.17, 15) is 14.9 Å². The fourth-order valence-electron chi connectivity index (χ4n) is 4.08. The van der Waals surface area contributed by atoms with Crippen LogP contribution in [0.2, 0.25) is 0 Å². The molecule has 4 rings (SSSR count). The summed E-state index contributed by atoms with van der Waals surface area (Å²) in [7, 11) is 3.97. The van der Waals surface area contributed by atoms with Gasteiger partial charge in [0, 0.05) is 23.4 Å². The first-order valence-corrected chi connectivity index (χ1v) is 10.7. The molecule has 0 aromatic heterocycles. The largest absolute Gasteiger partial charge is 0.396 e. The molecule has 0 bridgehead atoms. The van der Waals surface area contributed by atoms with Crippen LogP contribution in [0.5, 0.6) is 0 Å². The SMILES string of the molecule is CN(C)CCCNc1c(N)c2c(c(Nc3ccccc3)c1C#N)C(=O)c1ccccc1C2=O. The summed E-state index contributed by atoms with van der Waals surface area (Å²) in [5, 5.41) is 16.6. The molecule has 3 aromatic rings. The molecule has 33 heavy (non-hydrogen) atoms. The highest BCUT2D eigenvalue weighted by Crippen LogP contribution is 2.43. The van der Waals surface area contributed by atoms with Crippen molar-refractivity contribution in [1.82, 2.24) is 4.90 Å². The van der Waals surface area contributed by atoms with Gasteiger partial charge in [0.05, 0.1) is 28.2 Å². The molecule has 0 aliphatic heterocycles. The van der Waals surface area contributed by atoms with Gasteiger partial charge in [-0.1, -0.05) is 42.5 Å². The molecule has 1 aliphatic rings. The number of para-hydroxylation sites is 1. The molecule has 0 saturated heterocycles. The second kappa shape index (κ2) is 9.15. The van der Waals surface area contributed by atoms with E-state index >= 15 is 0 Å². The van der Waals surface area contributed by atoms with Crippen LogP contribution in [0, 0.1) is 11.3 Å². The number of hydrogen-bond donors (Lipinski definition) is 3. The summed E-state index contributed by atoms with van der Waals surface area (Å²) in [6.45, 7) is 1.40. The monoisotopic (exact) mass is 439 g/mol. The van der Waals surface area contributed by atoms with Crippen LogP contribution in [0.4, 0.5) is 22.7 Å². The highest BCUT2D eigenvalue weighted by molar-refractivity contribution is 6.33. The molecular formula is C26H25N5O2. The first-order chi connectivity index (χ1) is 15.9. The summed E-state index contributed by atoms with van der Waals surface area (Å²) in [6.07, 6.45) is 0.811. The number of ketones is 2. The Kier molecular flexibility index (Phi) is 6.11. The lowest BCUT2D eigenvalue weighted by atomic mass is 9.80. The second-order valence-corrected chi connectivity index (χ2v) is 8.18. The highest BCUT2D eigenvalue weighted by atomic mass is 16.1. The Morgan fingerprint density at radius 2 is 1.52 bits per heavy atom. The Labute approximate surface area is 192 Å². The number of nitrogens with one attached hydrogen (secondary N) is 2. The molecule has 4 N–H and O–H groups in total. The van der Waals surface area contributed by atoms with Gasteiger partial charge in [0.2, 0.25) is 0 Å². The van der Waals surface area contributed by atoms with Crippen LogP contribution in [0.1, 0.15) is 43.8 Å². The first-order valence-electron chi connectivity index (χ1n) is 10.7. The molecule has 0 fully saturated rings. The number of fused-ring (bicyclic) bond motifs is 2. The molecule has 166 valence electrons. The molecule has 0 amide bonds. The smallest absolute Gasteiger partial charge is 0.196 e. The average molecular weight is 440 g/mol. The molecule has 3 aromatic carbocycles.